The first kappa shape index (κ1) is 18.6. The molecule has 0 unspecified atom stereocenters. The summed E-state index contributed by atoms with van der Waals surface area (Å²) in [5, 5.41) is 0.259. The fraction of sp³-hybridized carbons (Fsp3) is 0.421. The van der Waals surface area contributed by atoms with Crippen LogP contribution in [-0.2, 0) is 22.6 Å². The number of halogens is 1. The van der Waals surface area contributed by atoms with Gasteiger partial charge in [0.2, 0.25) is 11.7 Å². The van der Waals surface area contributed by atoms with Crippen LogP contribution < -0.4 is 4.74 Å². The summed E-state index contributed by atoms with van der Waals surface area (Å²) in [4.78, 5) is 28.8. The molecule has 0 N–H and O–H groups in total. The average molecular weight is 402 g/mol. The fourth-order valence-electron chi connectivity index (χ4n) is 2.87. The number of hydrogen-bond donors (Lipinski definition) is 0. The van der Waals surface area contributed by atoms with Crippen molar-refractivity contribution in [1.82, 2.24) is 24.3 Å². The molecule has 1 saturated carbocycles. The van der Waals surface area contributed by atoms with Crippen LogP contribution in [-0.4, -0.2) is 36.9 Å². The third-order valence-electron chi connectivity index (χ3n) is 4.37. The molecule has 0 amide bonds. The summed E-state index contributed by atoms with van der Waals surface area (Å²) in [6.07, 6.45) is 8.84. The Balaban J connectivity index is 1.41. The Hall–Kier alpha value is -2.74. The summed E-state index contributed by atoms with van der Waals surface area (Å²) in [6.45, 7) is 2.34. The standard InChI is InChI=1S/C19H20ClN5O3/c1-2-27-18(26)6-5-16-23-15(20)7-17(24-16)28-11-14-10-25-9-13(12-3-4-12)8-21-19(25)22-14/h7-10,12H,2-6,11H2,1H3. The zero-order valence-corrected chi connectivity index (χ0v) is 16.2. The quantitative estimate of drug-likeness (QED) is 0.423. The van der Waals surface area contributed by atoms with E-state index in [9.17, 15) is 4.79 Å². The number of aryl methyl sites for hydroxylation is 1. The van der Waals surface area contributed by atoms with Gasteiger partial charge in [-0.15, -0.1) is 0 Å². The maximum atomic E-state index is 11.5. The molecule has 0 aromatic carbocycles. The highest BCUT2D eigenvalue weighted by Crippen LogP contribution is 2.39. The molecule has 0 saturated heterocycles. The van der Waals surface area contributed by atoms with Crippen molar-refractivity contribution in [2.75, 3.05) is 6.61 Å². The molecule has 4 rings (SSSR count). The van der Waals surface area contributed by atoms with E-state index in [0.717, 1.165) is 5.69 Å². The normalized spacial score (nSPS) is 13.6. The second kappa shape index (κ2) is 8.10. The lowest BCUT2D eigenvalue weighted by atomic mass is 10.2. The number of hydrogen-bond acceptors (Lipinski definition) is 7. The molecule has 146 valence electrons. The van der Waals surface area contributed by atoms with Gasteiger partial charge < -0.3 is 9.47 Å². The van der Waals surface area contributed by atoms with Crippen molar-refractivity contribution in [2.24, 2.45) is 0 Å². The molecule has 0 spiro atoms. The van der Waals surface area contributed by atoms with E-state index in [-0.39, 0.29) is 24.2 Å². The third-order valence-corrected chi connectivity index (χ3v) is 4.57. The van der Waals surface area contributed by atoms with Crippen LogP contribution in [0.1, 0.15) is 49.2 Å². The van der Waals surface area contributed by atoms with Crippen molar-refractivity contribution in [1.29, 1.82) is 0 Å². The molecule has 9 heteroatoms. The number of aromatic nitrogens is 5. The first-order valence-electron chi connectivity index (χ1n) is 9.26. The van der Waals surface area contributed by atoms with Crippen LogP contribution in [0.2, 0.25) is 5.15 Å². The van der Waals surface area contributed by atoms with Crippen molar-refractivity contribution in [3.8, 4) is 5.88 Å². The second-order valence-electron chi connectivity index (χ2n) is 6.64. The van der Waals surface area contributed by atoms with E-state index in [0.29, 0.717) is 36.4 Å². The molecule has 28 heavy (non-hydrogen) atoms. The predicted octanol–water partition coefficient (Wildman–Crippen LogP) is 3.12. The van der Waals surface area contributed by atoms with Crippen molar-refractivity contribution in [3.05, 3.63) is 46.9 Å². The number of esters is 1. The minimum atomic E-state index is -0.295. The van der Waals surface area contributed by atoms with Gasteiger partial charge in [-0.05, 0) is 31.2 Å². The first-order chi connectivity index (χ1) is 13.6. The van der Waals surface area contributed by atoms with Crippen LogP contribution in [0.4, 0.5) is 0 Å². The monoisotopic (exact) mass is 401 g/mol. The van der Waals surface area contributed by atoms with Gasteiger partial charge in [0.15, 0.2) is 0 Å². The van der Waals surface area contributed by atoms with Gasteiger partial charge >= 0.3 is 5.97 Å². The number of nitrogens with zero attached hydrogens (tertiary/aromatic N) is 5. The Morgan fingerprint density at radius 3 is 2.93 bits per heavy atom. The zero-order valence-electron chi connectivity index (χ0n) is 15.5. The van der Waals surface area contributed by atoms with Gasteiger partial charge in [-0.25, -0.2) is 15.0 Å². The number of fused-ring (bicyclic) bond motifs is 1. The summed E-state index contributed by atoms with van der Waals surface area (Å²) in [5.41, 5.74) is 1.98. The molecule has 0 bridgehead atoms. The van der Waals surface area contributed by atoms with Crippen LogP contribution in [0.15, 0.2) is 24.7 Å². The molecular weight excluding hydrogens is 382 g/mol. The zero-order chi connectivity index (χ0) is 19.5. The van der Waals surface area contributed by atoms with Crippen LogP contribution >= 0.6 is 11.6 Å². The first-order valence-corrected chi connectivity index (χ1v) is 9.64. The van der Waals surface area contributed by atoms with E-state index in [1.54, 1.807) is 6.92 Å². The molecule has 3 aromatic rings. The molecule has 0 atom stereocenters. The number of ether oxygens (including phenoxy) is 2. The van der Waals surface area contributed by atoms with Crippen LogP contribution in [0.25, 0.3) is 5.78 Å². The number of carbonyl (C=O) groups excluding carboxylic acids is 1. The molecule has 0 aliphatic heterocycles. The van der Waals surface area contributed by atoms with E-state index in [2.05, 4.69) is 26.1 Å². The molecule has 1 aliphatic rings. The van der Waals surface area contributed by atoms with E-state index in [4.69, 9.17) is 21.1 Å². The average Bonchev–Trinajstić information content (AvgIpc) is 3.44. The van der Waals surface area contributed by atoms with E-state index in [1.165, 1.54) is 24.5 Å². The van der Waals surface area contributed by atoms with Crippen LogP contribution in [0, 0.1) is 0 Å². The highest BCUT2D eigenvalue weighted by molar-refractivity contribution is 6.29. The molecule has 1 fully saturated rings. The lowest BCUT2D eigenvalue weighted by Gasteiger charge is -2.06. The second-order valence-corrected chi connectivity index (χ2v) is 7.03. The Morgan fingerprint density at radius 1 is 1.29 bits per heavy atom. The van der Waals surface area contributed by atoms with Gasteiger partial charge in [-0.3, -0.25) is 9.20 Å². The topological polar surface area (TPSA) is 91.5 Å². The van der Waals surface area contributed by atoms with Gasteiger partial charge in [0.1, 0.15) is 17.6 Å². The number of carbonyl (C=O) groups is 1. The summed E-state index contributed by atoms with van der Waals surface area (Å²) < 4.78 is 12.6. The van der Waals surface area contributed by atoms with Crippen LogP contribution in [0.5, 0.6) is 5.88 Å². The van der Waals surface area contributed by atoms with Gasteiger partial charge in [-0.1, -0.05) is 11.6 Å². The minimum Gasteiger partial charge on any atom is -0.471 e. The van der Waals surface area contributed by atoms with Gasteiger partial charge in [-0.2, -0.15) is 4.98 Å². The van der Waals surface area contributed by atoms with Crippen molar-refractivity contribution in [2.45, 2.75) is 45.1 Å². The minimum absolute atomic E-state index is 0.190. The summed E-state index contributed by atoms with van der Waals surface area (Å²) in [7, 11) is 0. The molecule has 1 aliphatic carbocycles. The van der Waals surface area contributed by atoms with E-state index < -0.39 is 0 Å². The molecule has 0 radical (unpaired) electrons. The lowest BCUT2D eigenvalue weighted by molar-refractivity contribution is -0.143. The van der Waals surface area contributed by atoms with E-state index in [1.807, 2.05) is 16.8 Å². The van der Waals surface area contributed by atoms with Crippen molar-refractivity contribution < 1.29 is 14.3 Å². The van der Waals surface area contributed by atoms with Crippen molar-refractivity contribution in [3.63, 3.8) is 0 Å². The highest BCUT2D eigenvalue weighted by atomic mass is 35.5. The highest BCUT2D eigenvalue weighted by Gasteiger charge is 2.24. The maximum absolute atomic E-state index is 11.5. The largest absolute Gasteiger partial charge is 0.471 e. The molecular formula is C19H20ClN5O3. The molecule has 3 aromatic heterocycles. The predicted molar refractivity (Wildman–Crippen MR) is 101 cm³/mol. The Labute approximate surface area is 166 Å². The van der Waals surface area contributed by atoms with Gasteiger partial charge in [0.25, 0.3) is 0 Å². The van der Waals surface area contributed by atoms with Gasteiger partial charge in [0, 0.05) is 31.1 Å². The third kappa shape index (κ3) is 4.56. The smallest absolute Gasteiger partial charge is 0.306 e. The number of imidazole rings is 1. The molecule has 8 nitrogen and oxygen atoms in total. The Kier molecular flexibility index (Phi) is 5.38. The Morgan fingerprint density at radius 2 is 2.14 bits per heavy atom. The Bertz CT molecular complexity index is 1000. The molecule has 3 heterocycles. The summed E-state index contributed by atoms with van der Waals surface area (Å²) in [5.74, 6) is 1.74. The summed E-state index contributed by atoms with van der Waals surface area (Å²) >= 11 is 6.05. The van der Waals surface area contributed by atoms with Crippen LogP contribution in [0.3, 0.4) is 0 Å². The van der Waals surface area contributed by atoms with Gasteiger partial charge in [0.05, 0.1) is 18.7 Å². The maximum Gasteiger partial charge on any atom is 0.306 e. The summed E-state index contributed by atoms with van der Waals surface area (Å²) in [6, 6.07) is 1.54. The fourth-order valence-corrected chi connectivity index (χ4v) is 3.06. The SMILES string of the molecule is CCOC(=O)CCc1nc(Cl)cc(OCc2cn3cc(C4CC4)cnc3n2)n1. The lowest BCUT2D eigenvalue weighted by Crippen LogP contribution is -2.08. The van der Waals surface area contributed by atoms with E-state index >= 15 is 0 Å². The number of rotatable bonds is 8. The van der Waals surface area contributed by atoms with Crippen molar-refractivity contribution >= 4 is 23.3 Å².